The summed E-state index contributed by atoms with van der Waals surface area (Å²) >= 11 is 7.31. The van der Waals surface area contributed by atoms with Crippen LogP contribution in [-0.4, -0.2) is 11.2 Å². The van der Waals surface area contributed by atoms with Gasteiger partial charge in [0, 0.05) is 10.4 Å². The summed E-state index contributed by atoms with van der Waals surface area (Å²) in [5.74, 6) is 0. The molecule has 82 valence electrons. The van der Waals surface area contributed by atoms with Crippen molar-refractivity contribution in [3.63, 3.8) is 0 Å². The molecule has 0 saturated heterocycles. The first-order chi connectivity index (χ1) is 7.74. The summed E-state index contributed by atoms with van der Waals surface area (Å²) < 4.78 is 0. The largest absolute Gasteiger partial charge is 0.253 e. The second-order valence-electron chi connectivity index (χ2n) is 3.22. The number of anilines is 1. The zero-order valence-electron chi connectivity index (χ0n) is 8.64. The van der Waals surface area contributed by atoms with Gasteiger partial charge in [0.1, 0.15) is 0 Å². The summed E-state index contributed by atoms with van der Waals surface area (Å²) in [6.45, 7) is 1.95. The Labute approximate surface area is 103 Å². The highest BCUT2D eigenvalue weighted by Crippen LogP contribution is 2.14. The molecule has 1 N–H and O–H groups in total. The van der Waals surface area contributed by atoms with Crippen LogP contribution < -0.4 is 5.43 Å². The molecular formula is C11H10ClN3S. The summed E-state index contributed by atoms with van der Waals surface area (Å²) in [7, 11) is 0. The monoisotopic (exact) mass is 251 g/mol. The third-order valence-corrected chi connectivity index (χ3v) is 2.98. The van der Waals surface area contributed by atoms with Gasteiger partial charge in [-0.2, -0.15) is 5.10 Å². The first-order valence-electron chi connectivity index (χ1n) is 4.71. The molecule has 0 saturated carbocycles. The first kappa shape index (κ1) is 11.1. The lowest BCUT2D eigenvalue weighted by molar-refractivity contribution is 1.22. The number of aryl methyl sites for hydroxylation is 1. The minimum absolute atomic E-state index is 0.723. The van der Waals surface area contributed by atoms with E-state index in [1.807, 2.05) is 36.6 Å². The number of aromatic nitrogens is 1. The fourth-order valence-electron chi connectivity index (χ4n) is 1.12. The Morgan fingerprint density at radius 1 is 1.38 bits per heavy atom. The topological polar surface area (TPSA) is 37.3 Å². The van der Waals surface area contributed by atoms with Gasteiger partial charge in [-0.25, -0.2) is 4.98 Å². The molecule has 1 heterocycles. The van der Waals surface area contributed by atoms with Crippen LogP contribution in [0.1, 0.15) is 11.3 Å². The Bertz CT molecular complexity index is 490. The predicted octanol–water partition coefficient (Wildman–Crippen LogP) is 3.55. The average Bonchev–Trinajstić information content (AvgIpc) is 2.67. The highest BCUT2D eigenvalue weighted by Gasteiger charge is 1.94. The molecule has 0 fully saturated rings. The Kier molecular flexibility index (Phi) is 3.54. The Morgan fingerprint density at radius 2 is 2.12 bits per heavy atom. The summed E-state index contributed by atoms with van der Waals surface area (Å²) in [6.07, 6.45) is 1.73. The molecule has 0 atom stereocenters. The van der Waals surface area contributed by atoms with Crippen LogP contribution in [0.3, 0.4) is 0 Å². The van der Waals surface area contributed by atoms with E-state index in [0.29, 0.717) is 0 Å². The maximum absolute atomic E-state index is 5.78. The predicted molar refractivity (Wildman–Crippen MR) is 69.5 cm³/mol. The minimum atomic E-state index is 0.723. The summed E-state index contributed by atoms with van der Waals surface area (Å²) in [5, 5.41) is 7.57. The van der Waals surface area contributed by atoms with E-state index < -0.39 is 0 Å². The molecule has 0 spiro atoms. The van der Waals surface area contributed by atoms with Crippen LogP contribution in [0.2, 0.25) is 5.02 Å². The number of hydrogen-bond donors (Lipinski definition) is 1. The van der Waals surface area contributed by atoms with Gasteiger partial charge in [0.15, 0.2) is 0 Å². The van der Waals surface area contributed by atoms with E-state index in [0.717, 1.165) is 21.4 Å². The summed E-state index contributed by atoms with van der Waals surface area (Å²) in [6, 6.07) is 7.47. The van der Waals surface area contributed by atoms with Crippen molar-refractivity contribution < 1.29 is 0 Å². The zero-order valence-corrected chi connectivity index (χ0v) is 10.2. The summed E-state index contributed by atoms with van der Waals surface area (Å²) in [4.78, 5) is 4.23. The molecule has 1 aromatic carbocycles. The Balaban J connectivity index is 1.97. The molecular weight excluding hydrogens is 242 g/mol. The third-order valence-electron chi connectivity index (χ3n) is 1.86. The van der Waals surface area contributed by atoms with Gasteiger partial charge in [-0.3, -0.25) is 5.43 Å². The number of nitrogens with one attached hydrogen (secondary N) is 1. The SMILES string of the molecule is Cc1csc(N/N=C/c2ccc(Cl)cc2)n1. The number of nitrogens with zero attached hydrogens (tertiary/aromatic N) is 2. The van der Waals surface area contributed by atoms with Gasteiger partial charge in [-0.05, 0) is 24.6 Å². The van der Waals surface area contributed by atoms with Crippen LogP contribution in [0.5, 0.6) is 0 Å². The van der Waals surface area contributed by atoms with Crippen LogP contribution in [0.25, 0.3) is 0 Å². The van der Waals surface area contributed by atoms with E-state index in [-0.39, 0.29) is 0 Å². The van der Waals surface area contributed by atoms with Gasteiger partial charge in [0.2, 0.25) is 5.13 Å². The average molecular weight is 252 g/mol. The second-order valence-corrected chi connectivity index (χ2v) is 4.51. The third kappa shape index (κ3) is 3.05. The van der Waals surface area contributed by atoms with E-state index in [1.54, 1.807) is 6.21 Å². The van der Waals surface area contributed by atoms with Gasteiger partial charge in [0.05, 0.1) is 11.9 Å². The maximum atomic E-state index is 5.78. The first-order valence-corrected chi connectivity index (χ1v) is 5.96. The van der Waals surface area contributed by atoms with Crippen LogP contribution in [-0.2, 0) is 0 Å². The van der Waals surface area contributed by atoms with E-state index in [4.69, 9.17) is 11.6 Å². The van der Waals surface area contributed by atoms with E-state index >= 15 is 0 Å². The second kappa shape index (κ2) is 5.09. The quantitative estimate of drug-likeness (QED) is 0.669. The molecule has 0 aliphatic rings. The molecule has 1 aromatic heterocycles. The molecule has 0 aliphatic heterocycles. The van der Waals surface area contributed by atoms with Crippen molar-refractivity contribution in [3.05, 3.63) is 45.9 Å². The van der Waals surface area contributed by atoms with Gasteiger partial charge in [0.25, 0.3) is 0 Å². The van der Waals surface area contributed by atoms with Crippen molar-refractivity contribution in [2.24, 2.45) is 5.10 Å². The fraction of sp³-hybridized carbons (Fsp3) is 0.0909. The molecule has 2 aromatic rings. The molecule has 5 heteroatoms. The molecule has 0 aliphatic carbocycles. The van der Waals surface area contributed by atoms with Crippen LogP contribution >= 0.6 is 22.9 Å². The highest BCUT2D eigenvalue weighted by molar-refractivity contribution is 7.13. The molecule has 0 unspecified atom stereocenters. The lowest BCUT2D eigenvalue weighted by atomic mass is 10.2. The van der Waals surface area contributed by atoms with Crippen molar-refractivity contribution >= 4 is 34.3 Å². The number of benzene rings is 1. The van der Waals surface area contributed by atoms with Gasteiger partial charge >= 0.3 is 0 Å². The number of halogens is 1. The lowest BCUT2D eigenvalue weighted by Crippen LogP contribution is -1.89. The fourth-order valence-corrected chi connectivity index (χ4v) is 1.88. The normalized spacial score (nSPS) is 10.9. The molecule has 0 bridgehead atoms. The number of thiazole rings is 1. The smallest absolute Gasteiger partial charge is 0.203 e. The Morgan fingerprint density at radius 3 is 2.75 bits per heavy atom. The maximum Gasteiger partial charge on any atom is 0.203 e. The highest BCUT2D eigenvalue weighted by atomic mass is 35.5. The van der Waals surface area contributed by atoms with Crippen LogP contribution in [0.15, 0.2) is 34.7 Å². The van der Waals surface area contributed by atoms with E-state index in [9.17, 15) is 0 Å². The molecule has 0 radical (unpaired) electrons. The van der Waals surface area contributed by atoms with Gasteiger partial charge in [-0.15, -0.1) is 11.3 Å². The number of rotatable bonds is 3. The van der Waals surface area contributed by atoms with Gasteiger partial charge < -0.3 is 0 Å². The zero-order chi connectivity index (χ0) is 11.4. The van der Waals surface area contributed by atoms with Crippen molar-refractivity contribution in [1.29, 1.82) is 0 Å². The van der Waals surface area contributed by atoms with Crippen LogP contribution in [0.4, 0.5) is 5.13 Å². The van der Waals surface area contributed by atoms with Gasteiger partial charge in [-0.1, -0.05) is 23.7 Å². The minimum Gasteiger partial charge on any atom is -0.253 e. The van der Waals surface area contributed by atoms with Crippen molar-refractivity contribution in [1.82, 2.24) is 4.98 Å². The molecule has 16 heavy (non-hydrogen) atoms. The molecule has 3 nitrogen and oxygen atoms in total. The molecule has 2 rings (SSSR count). The van der Waals surface area contributed by atoms with E-state index in [1.165, 1.54) is 11.3 Å². The number of hydrogen-bond acceptors (Lipinski definition) is 4. The van der Waals surface area contributed by atoms with Crippen LogP contribution in [0, 0.1) is 6.92 Å². The van der Waals surface area contributed by atoms with Crippen molar-refractivity contribution in [2.75, 3.05) is 5.43 Å². The van der Waals surface area contributed by atoms with E-state index in [2.05, 4.69) is 15.5 Å². The lowest BCUT2D eigenvalue weighted by Gasteiger charge is -1.94. The molecule has 0 amide bonds. The van der Waals surface area contributed by atoms with Crippen molar-refractivity contribution in [2.45, 2.75) is 6.92 Å². The summed E-state index contributed by atoms with van der Waals surface area (Å²) in [5.41, 5.74) is 4.86. The standard InChI is InChI=1S/C11H10ClN3S/c1-8-7-16-11(14-8)15-13-6-9-2-4-10(12)5-3-9/h2-7H,1H3,(H,14,15)/b13-6+. The Hall–Kier alpha value is -1.39. The van der Waals surface area contributed by atoms with Crippen molar-refractivity contribution in [3.8, 4) is 0 Å². The number of hydrazone groups is 1.